The molecule has 1 aromatic rings. The van der Waals surface area contributed by atoms with Gasteiger partial charge in [0.1, 0.15) is 17.2 Å². The van der Waals surface area contributed by atoms with Crippen molar-refractivity contribution < 1.29 is 8.95 Å². The molecule has 0 aliphatic carbocycles. The molecular formula is C13H19NO2S. The standard InChI is InChI=1S/C13H19NO2S/c1-11-7-3-4-8-12(11)17(15)14-10-6-5-9-13(14)16-2/h3-4,7-8,13H,5-6,9-10H2,1-2H3. The molecule has 0 N–H and O–H groups in total. The van der Waals surface area contributed by atoms with Crippen LogP contribution in [0, 0.1) is 6.92 Å². The largest absolute Gasteiger partial charge is 0.365 e. The van der Waals surface area contributed by atoms with Crippen molar-refractivity contribution in [1.82, 2.24) is 4.31 Å². The van der Waals surface area contributed by atoms with Gasteiger partial charge in [-0.25, -0.2) is 4.21 Å². The summed E-state index contributed by atoms with van der Waals surface area (Å²) in [5.41, 5.74) is 1.08. The van der Waals surface area contributed by atoms with Crippen molar-refractivity contribution in [3.63, 3.8) is 0 Å². The van der Waals surface area contributed by atoms with Crippen molar-refractivity contribution in [1.29, 1.82) is 0 Å². The van der Waals surface area contributed by atoms with Crippen LogP contribution in [0.3, 0.4) is 0 Å². The zero-order chi connectivity index (χ0) is 12.3. The quantitative estimate of drug-likeness (QED) is 0.828. The van der Waals surface area contributed by atoms with E-state index in [4.69, 9.17) is 4.74 Å². The number of hydrogen-bond donors (Lipinski definition) is 0. The number of piperidine rings is 1. The molecule has 0 bridgehead atoms. The zero-order valence-electron chi connectivity index (χ0n) is 10.4. The van der Waals surface area contributed by atoms with Gasteiger partial charge in [0, 0.05) is 13.7 Å². The smallest absolute Gasteiger partial charge is 0.130 e. The van der Waals surface area contributed by atoms with Crippen molar-refractivity contribution in [2.45, 2.75) is 37.3 Å². The van der Waals surface area contributed by atoms with Gasteiger partial charge in [-0.1, -0.05) is 18.2 Å². The van der Waals surface area contributed by atoms with Crippen LogP contribution in [0.4, 0.5) is 0 Å². The second kappa shape index (κ2) is 5.76. The predicted octanol–water partition coefficient (Wildman–Crippen LogP) is 2.48. The van der Waals surface area contributed by atoms with Crippen molar-refractivity contribution >= 4 is 11.0 Å². The highest BCUT2D eigenvalue weighted by molar-refractivity contribution is 7.82. The van der Waals surface area contributed by atoms with Crippen LogP contribution >= 0.6 is 0 Å². The lowest BCUT2D eigenvalue weighted by Crippen LogP contribution is -2.41. The van der Waals surface area contributed by atoms with Gasteiger partial charge in [0.15, 0.2) is 0 Å². The number of benzene rings is 1. The lowest BCUT2D eigenvalue weighted by atomic mass is 10.1. The Labute approximate surface area is 105 Å². The second-order valence-corrected chi connectivity index (χ2v) is 5.75. The van der Waals surface area contributed by atoms with Crippen LogP contribution in [-0.2, 0) is 15.7 Å². The Kier molecular flexibility index (Phi) is 4.31. The van der Waals surface area contributed by atoms with E-state index in [9.17, 15) is 4.21 Å². The SMILES string of the molecule is COC1CCCCN1S(=O)c1ccccc1C. The van der Waals surface area contributed by atoms with Crippen molar-refractivity contribution in [3.8, 4) is 0 Å². The van der Waals surface area contributed by atoms with Crippen LogP contribution in [0.15, 0.2) is 29.2 Å². The molecule has 1 saturated heterocycles. The summed E-state index contributed by atoms with van der Waals surface area (Å²) in [4.78, 5) is 0.899. The predicted molar refractivity (Wildman–Crippen MR) is 68.9 cm³/mol. The fraction of sp³-hybridized carbons (Fsp3) is 0.538. The molecule has 2 atom stereocenters. The maximum Gasteiger partial charge on any atom is 0.130 e. The second-order valence-electron chi connectivity index (χ2n) is 4.34. The average Bonchev–Trinajstić information content (AvgIpc) is 2.38. The summed E-state index contributed by atoms with van der Waals surface area (Å²) in [6.45, 7) is 2.85. The van der Waals surface area contributed by atoms with Gasteiger partial charge in [-0.3, -0.25) is 0 Å². The van der Waals surface area contributed by atoms with Crippen LogP contribution < -0.4 is 0 Å². The lowest BCUT2D eigenvalue weighted by molar-refractivity contribution is -0.00519. The molecule has 1 aliphatic rings. The Bertz CT molecular complexity index is 408. The molecule has 3 nitrogen and oxygen atoms in total. The van der Waals surface area contributed by atoms with E-state index in [2.05, 4.69) is 0 Å². The topological polar surface area (TPSA) is 29.5 Å². The van der Waals surface area contributed by atoms with E-state index >= 15 is 0 Å². The van der Waals surface area contributed by atoms with E-state index in [0.717, 1.165) is 36.3 Å². The normalized spacial score (nSPS) is 23.5. The first kappa shape index (κ1) is 12.7. The highest BCUT2D eigenvalue weighted by atomic mass is 32.2. The minimum absolute atomic E-state index is 0.0100. The molecule has 0 aromatic heterocycles. The molecule has 0 radical (unpaired) electrons. The number of methoxy groups -OCH3 is 1. The highest BCUT2D eigenvalue weighted by Crippen LogP contribution is 2.24. The first-order chi connectivity index (χ1) is 8.24. The third-order valence-corrected chi connectivity index (χ3v) is 4.85. The Morgan fingerprint density at radius 1 is 1.35 bits per heavy atom. The first-order valence-electron chi connectivity index (χ1n) is 6.01. The van der Waals surface area contributed by atoms with E-state index in [1.165, 1.54) is 0 Å². The van der Waals surface area contributed by atoms with Crippen LogP contribution in [0.1, 0.15) is 24.8 Å². The van der Waals surface area contributed by atoms with Crippen LogP contribution in [-0.4, -0.2) is 28.4 Å². The Hall–Kier alpha value is -0.710. The molecule has 0 saturated carbocycles. The summed E-state index contributed by atoms with van der Waals surface area (Å²) >= 11 is 0. The number of ether oxygens (including phenoxy) is 1. The summed E-state index contributed by atoms with van der Waals surface area (Å²) in [6, 6.07) is 7.85. The molecule has 1 heterocycles. The lowest BCUT2D eigenvalue weighted by Gasteiger charge is -2.33. The molecule has 4 heteroatoms. The third kappa shape index (κ3) is 2.76. The van der Waals surface area contributed by atoms with E-state index in [-0.39, 0.29) is 6.23 Å². The molecule has 0 amide bonds. The molecule has 2 unspecified atom stereocenters. The van der Waals surface area contributed by atoms with Gasteiger partial charge >= 0.3 is 0 Å². The summed E-state index contributed by atoms with van der Waals surface area (Å²) in [5, 5.41) is 0. The number of aryl methyl sites for hydroxylation is 1. The van der Waals surface area contributed by atoms with Gasteiger partial charge in [0.05, 0.1) is 4.90 Å². The Morgan fingerprint density at radius 3 is 2.82 bits per heavy atom. The van der Waals surface area contributed by atoms with E-state index in [1.54, 1.807) is 7.11 Å². The molecule has 94 valence electrons. The first-order valence-corrected chi connectivity index (χ1v) is 7.11. The fourth-order valence-electron chi connectivity index (χ4n) is 2.18. The summed E-state index contributed by atoms with van der Waals surface area (Å²) < 4.78 is 19.9. The van der Waals surface area contributed by atoms with Crippen LogP contribution in [0.2, 0.25) is 0 Å². The van der Waals surface area contributed by atoms with Gasteiger partial charge in [0.25, 0.3) is 0 Å². The van der Waals surface area contributed by atoms with Gasteiger partial charge in [-0.05, 0) is 37.8 Å². The molecule has 1 aromatic carbocycles. The monoisotopic (exact) mass is 253 g/mol. The summed E-state index contributed by atoms with van der Waals surface area (Å²) in [6.07, 6.45) is 3.20. The third-order valence-electron chi connectivity index (χ3n) is 3.17. The van der Waals surface area contributed by atoms with Gasteiger partial charge in [0.2, 0.25) is 0 Å². The minimum atomic E-state index is -1.10. The maximum atomic E-state index is 12.5. The van der Waals surface area contributed by atoms with E-state index in [0.29, 0.717) is 0 Å². The summed E-state index contributed by atoms with van der Waals surface area (Å²) in [7, 11) is 0.589. The molecule has 2 rings (SSSR count). The zero-order valence-corrected chi connectivity index (χ0v) is 11.2. The molecule has 1 fully saturated rings. The molecule has 1 aliphatic heterocycles. The van der Waals surface area contributed by atoms with E-state index in [1.807, 2.05) is 35.5 Å². The average molecular weight is 253 g/mol. The molecular weight excluding hydrogens is 234 g/mol. The molecule has 0 spiro atoms. The fourth-order valence-corrected chi connectivity index (χ4v) is 3.67. The highest BCUT2D eigenvalue weighted by Gasteiger charge is 2.27. The number of nitrogens with zero attached hydrogens (tertiary/aromatic N) is 1. The van der Waals surface area contributed by atoms with Crippen molar-refractivity contribution in [2.75, 3.05) is 13.7 Å². The Balaban J connectivity index is 2.21. The summed E-state index contributed by atoms with van der Waals surface area (Å²) in [5.74, 6) is 0. The maximum absolute atomic E-state index is 12.5. The van der Waals surface area contributed by atoms with Crippen LogP contribution in [0.25, 0.3) is 0 Å². The number of rotatable bonds is 3. The number of hydrogen-bond acceptors (Lipinski definition) is 2. The van der Waals surface area contributed by atoms with Crippen molar-refractivity contribution in [3.05, 3.63) is 29.8 Å². The molecule has 17 heavy (non-hydrogen) atoms. The van der Waals surface area contributed by atoms with Gasteiger partial charge in [-0.2, -0.15) is 4.31 Å². The van der Waals surface area contributed by atoms with Gasteiger partial charge < -0.3 is 4.74 Å². The van der Waals surface area contributed by atoms with E-state index < -0.39 is 11.0 Å². The Morgan fingerprint density at radius 2 is 2.12 bits per heavy atom. The minimum Gasteiger partial charge on any atom is -0.365 e. The van der Waals surface area contributed by atoms with Crippen LogP contribution in [0.5, 0.6) is 0 Å². The van der Waals surface area contributed by atoms with Crippen molar-refractivity contribution in [2.24, 2.45) is 0 Å². The van der Waals surface area contributed by atoms with Gasteiger partial charge in [-0.15, -0.1) is 0 Å².